The Morgan fingerprint density at radius 2 is 1.94 bits per heavy atom. The van der Waals surface area contributed by atoms with Crippen LogP contribution in [0, 0.1) is 0 Å². The Bertz CT molecular complexity index is 396. The highest BCUT2D eigenvalue weighted by Gasteiger charge is 2.13. The fourth-order valence-electron chi connectivity index (χ4n) is 1.35. The van der Waals surface area contributed by atoms with Gasteiger partial charge in [0.05, 0.1) is 5.92 Å². The highest BCUT2D eigenvalue weighted by Crippen LogP contribution is 2.16. The Labute approximate surface area is 95.0 Å². The van der Waals surface area contributed by atoms with E-state index in [0.717, 1.165) is 5.56 Å². The van der Waals surface area contributed by atoms with E-state index in [1.165, 1.54) is 6.08 Å². The molecule has 1 aromatic rings. The van der Waals surface area contributed by atoms with Crippen LogP contribution in [0.15, 0.2) is 42.5 Å². The van der Waals surface area contributed by atoms with Gasteiger partial charge in [-0.05, 0) is 11.6 Å². The highest BCUT2D eigenvalue weighted by molar-refractivity contribution is 5.91. The standard InChI is InChI=1S/C13H15NO2/c1-2-11(15)8-9-12(13(14)16)10-6-4-3-5-7-10/h3-9,12H,2H2,1H3,(H2,14,16)/b9-8+/t12-/m0/s1. The van der Waals surface area contributed by atoms with Crippen LogP contribution >= 0.6 is 0 Å². The lowest BCUT2D eigenvalue weighted by Crippen LogP contribution is -2.19. The average molecular weight is 217 g/mol. The third-order valence-corrected chi connectivity index (χ3v) is 2.29. The topological polar surface area (TPSA) is 60.2 Å². The first-order chi connectivity index (χ1) is 7.65. The molecule has 84 valence electrons. The summed E-state index contributed by atoms with van der Waals surface area (Å²) >= 11 is 0. The number of carbonyl (C=O) groups is 2. The third kappa shape index (κ3) is 3.35. The zero-order valence-electron chi connectivity index (χ0n) is 9.22. The van der Waals surface area contributed by atoms with E-state index < -0.39 is 11.8 Å². The molecule has 0 aliphatic rings. The smallest absolute Gasteiger partial charge is 0.228 e. The van der Waals surface area contributed by atoms with Crippen LogP contribution in [-0.2, 0) is 9.59 Å². The largest absolute Gasteiger partial charge is 0.369 e. The van der Waals surface area contributed by atoms with Crippen LogP contribution in [-0.4, -0.2) is 11.7 Å². The van der Waals surface area contributed by atoms with Crippen LogP contribution in [0.5, 0.6) is 0 Å². The second-order valence-corrected chi connectivity index (χ2v) is 3.47. The SMILES string of the molecule is CCC(=O)/C=C/[C@H](C(N)=O)c1ccccc1. The average Bonchev–Trinajstić information content (AvgIpc) is 2.30. The predicted molar refractivity (Wildman–Crippen MR) is 62.8 cm³/mol. The van der Waals surface area contributed by atoms with E-state index in [0.29, 0.717) is 6.42 Å². The molecule has 0 heterocycles. The van der Waals surface area contributed by atoms with E-state index in [2.05, 4.69) is 0 Å². The zero-order valence-corrected chi connectivity index (χ0v) is 9.22. The quantitative estimate of drug-likeness (QED) is 0.764. The molecule has 1 amide bonds. The van der Waals surface area contributed by atoms with Gasteiger partial charge in [0, 0.05) is 6.42 Å². The second kappa shape index (κ2) is 5.85. The molecule has 0 aliphatic carbocycles. The molecule has 3 nitrogen and oxygen atoms in total. The van der Waals surface area contributed by atoms with Crippen molar-refractivity contribution in [1.82, 2.24) is 0 Å². The van der Waals surface area contributed by atoms with Gasteiger partial charge in [0.2, 0.25) is 5.91 Å². The summed E-state index contributed by atoms with van der Waals surface area (Å²) in [5.74, 6) is -0.995. The lowest BCUT2D eigenvalue weighted by atomic mass is 9.97. The first-order valence-corrected chi connectivity index (χ1v) is 5.20. The van der Waals surface area contributed by atoms with Gasteiger partial charge >= 0.3 is 0 Å². The molecule has 2 N–H and O–H groups in total. The van der Waals surface area contributed by atoms with Crippen molar-refractivity contribution in [3.63, 3.8) is 0 Å². The van der Waals surface area contributed by atoms with Crippen molar-refractivity contribution in [1.29, 1.82) is 0 Å². The van der Waals surface area contributed by atoms with Gasteiger partial charge in [-0.2, -0.15) is 0 Å². The van der Waals surface area contributed by atoms with E-state index in [9.17, 15) is 9.59 Å². The Balaban J connectivity index is 2.89. The molecule has 0 fully saturated rings. The molecule has 16 heavy (non-hydrogen) atoms. The lowest BCUT2D eigenvalue weighted by Gasteiger charge is -2.08. The van der Waals surface area contributed by atoms with Crippen LogP contribution in [0.4, 0.5) is 0 Å². The van der Waals surface area contributed by atoms with E-state index in [1.807, 2.05) is 30.3 Å². The molecule has 0 saturated carbocycles. The first-order valence-electron chi connectivity index (χ1n) is 5.20. The minimum absolute atomic E-state index is 0.0119. The van der Waals surface area contributed by atoms with Crippen molar-refractivity contribution in [2.45, 2.75) is 19.3 Å². The van der Waals surface area contributed by atoms with Crippen molar-refractivity contribution in [3.05, 3.63) is 48.0 Å². The molecular weight excluding hydrogens is 202 g/mol. The summed E-state index contributed by atoms with van der Waals surface area (Å²) in [7, 11) is 0. The summed E-state index contributed by atoms with van der Waals surface area (Å²) in [6, 6.07) is 9.16. The Morgan fingerprint density at radius 3 is 2.44 bits per heavy atom. The summed E-state index contributed by atoms with van der Waals surface area (Å²) in [6.45, 7) is 1.77. The van der Waals surface area contributed by atoms with Crippen molar-refractivity contribution < 1.29 is 9.59 Å². The fourth-order valence-corrected chi connectivity index (χ4v) is 1.35. The molecule has 0 bridgehead atoms. The molecular formula is C13H15NO2. The summed E-state index contributed by atoms with van der Waals surface area (Å²) in [4.78, 5) is 22.4. The molecule has 0 unspecified atom stereocenters. The van der Waals surface area contributed by atoms with E-state index >= 15 is 0 Å². The Kier molecular flexibility index (Phi) is 4.45. The minimum atomic E-state index is -0.531. The minimum Gasteiger partial charge on any atom is -0.369 e. The molecule has 0 aromatic heterocycles. The number of carbonyl (C=O) groups excluding carboxylic acids is 2. The van der Waals surface area contributed by atoms with Gasteiger partial charge in [0.15, 0.2) is 5.78 Å². The molecule has 1 rings (SSSR count). The normalized spacial score (nSPS) is 12.6. The summed E-state index contributed by atoms with van der Waals surface area (Å²) < 4.78 is 0. The van der Waals surface area contributed by atoms with Gasteiger partial charge in [0.25, 0.3) is 0 Å². The maximum Gasteiger partial charge on any atom is 0.228 e. The van der Waals surface area contributed by atoms with Crippen LogP contribution in [0.1, 0.15) is 24.8 Å². The lowest BCUT2D eigenvalue weighted by molar-refractivity contribution is -0.118. The Morgan fingerprint density at radius 1 is 1.31 bits per heavy atom. The zero-order chi connectivity index (χ0) is 12.0. The van der Waals surface area contributed by atoms with E-state index in [-0.39, 0.29) is 5.78 Å². The van der Waals surface area contributed by atoms with Crippen LogP contribution < -0.4 is 5.73 Å². The highest BCUT2D eigenvalue weighted by atomic mass is 16.1. The van der Waals surface area contributed by atoms with Crippen LogP contribution in [0.3, 0.4) is 0 Å². The van der Waals surface area contributed by atoms with Gasteiger partial charge in [0.1, 0.15) is 0 Å². The van der Waals surface area contributed by atoms with Crippen molar-refractivity contribution >= 4 is 11.7 Å². The number of amides is 1. The van der Waals surface area contributed by atoms with Crippen molar-refractivity contribution in [3.8, 4) is 0 Å². The second-order valence-electron chi connectivity index (χ2n) is 3.47. The number of hydrogen-bond donors (Lipinski definition) is 1. The molecule has 3 heteroatoms. The summed E-state index contributed by atoms with van der Waals surface area (Å²) in [6.07, 6.45) is 3.41. The molecule has 1 atom stereocenters. The summed E-state index contributed by atoms with van der Waals surface area (Å²) in [5, 5.41) is 0. The van der Waals surface area contributed by atoms with Crippen molar-refractivity contribution in [2.75, 3.05) is 0 Å². The predicted octanol–water partition coefficient (Wildman–Crippen LogP) is 1.79. The number of rotatable bonds is 5. The number of benzene rings is 1. The van der Waals surface area contributed by atoms with Gasteiger partial charge in [-0.1, -0.05) is 43.3 Å². The van der Waals surface area contributed by atoms with Crippen LogP contribution in [0.2, 0.25) is 0 Å². The third-order valence-electron chi connectivity index (χ3n) is 2.29. The monoisotopic (exact) mass is 217 g/mol. The molecule has 0 spiro atoms. The molecule has 0 saturated heterocycles. The maximum atomic E-state index is 11.3. The molecule has 0 aliphatic heterocycles. The first kappa shape index (κ1) is 12.2. The number of allylic oxidation sites excluding steroid dienone is 1. The van der Waals surface area contributed by atoms with Gasteiger partial charge in [-0.25, -0.2) is 0 Å². The van der Waals surface area contributed by atoms with E-state index in [4.69, 9.17) is 5.73 Å². The maximum absolute atomic E-state index is 11.3. The number of hydrogen-bond acceptors (Lipinski definition) is 2. The van der Waals surface area contributed by atoms with Gasteiger partial charge < -0.3 is 5.73 Å². The number of ketones is 1. The van der Waals surface area contributed by atoms with Crippen LogP contribution in [0.25, 0.3) is 0 Å². The number of primary amides is 1. The molecule has 0 radical (unpaired) electrons. The summed E-state index contributed by atoms with van der Waals surface area (Å²) in [5.41, 5.74) is 6.10. The van der Waals surface area contributed by atoms with Gasteiger partial charge in [-0.15, -0.1) is 0 Å². The van der Waals surface area contributed by atoms with E-state index in [1.54, 1.807) is 13.0 Å². The van der Waals surface area contributed by atoms with Crippen molar-refractivity contribution in [2.24, 2.45) is 5.73 Å². The van der Waals surface area contributed by atoms with Gasteiger partial charge in [-0.3, -0.25) is 9.59 Å². The number of nitrogens with two attached hydrogens (primary N) is 1. The molecule has 1 aromatic carbocycles. The Hall–Kier alpha value is -1.90. The fraction of sp³-hybridized carbons (Fsp3) is 0.231.